The van der Waals surface area contributed by atoms with E-state index in [0.717, 1.165) is 17.1 Å². The van der Waals surface area contributed by atoms with Crippen molar-refractivity contribution in [1.82, 2.24) is 10.2 Å². The average Bonchev–Trinajstić information content (AvgIpc) is 2.66. The van der Waals surface area contributed by atoms with Gasteiger partial charge in [0.05, 0.1) is 6.54 Å². The molecule has 3 amide bonds. The van der Waals surface area contributed by atoms with Crippen LogP contribution < -0.4 is 5.32 Å². The van der Waals surface area contributed by atoms with Crippen LogP contribution in [-0.2, 0) is 19.1 Å². The molecule has 20 heavy (non-hydrogen) atoms. The minimum atomic E-state index is -1.16. The number of hydrogen-bond acceptors (Lipinski definition) is 5. The summed E-state index contributed by atoms with van der Waals surface area (Å²) >= 11 is 0. The average molecular weight is 284 g/mol. The molecule has 0 saturated carbocycles. The summed E-state index contributed by atoms with van der Waals surface area (Å²) in [5, 5.41) is 11.1. The Morgan fingerprint density at radius 2 is 1.85 bits per heavy atom. The lowest BCUT2D eigenvalue weighted by molar-refractivity contribution is -0.140. The molecule has 0 fully saturated rings. The Morgan fingerprint density at radius 1 is 1.30 bits per heavy atom. The quantitative estimate of drug-likeness (QED) is 0.650. The van der Waals surface area contributed by atoms with Crippen LogP contribution >= 0.6 is 0 Å². The zero-order valence-corrected chi connectivity index (χ0v) is 11.2. The lowest BCUT2D eigenvalue weighted by atomic mass is 10.1. The molecular formula is C12H16N2O6. The molecule has 1 rings (SSSR count). The van der Waals surface area contributed by atoms with E-state index in [1.54, 1.807) is 13.8 Å². The SMILES string of the molecule is CC(C)[C@H](NC(=O)OCCN1C(=O)C=CC1=O)C(=O)O. The van der Waals surface area contributed by atoms with Gasteiger partial charge in [-0.05, 0) is 5.92 Å². The molecule has 0 bridgehead atoms. The van der Waals surface area contributed by atoms with Crippen molar-refractivity contribution < 1.29 is 29.0 Å². The summed E-state index contributed by atoms with van der Waals surface area (Å²) in [6.07, 6.45) is 1.35. The summed E-state index contributed by atoms with van der Waals surface area (Å²) in [5.41, 5.74) is 0. The standard InChI is InChI=1S/C12H16N2O6/c1-7(2)10(11(17)18)13-12(19)20-6-5-14-8(15)3-4-9(14)16/h3-4,7,10H,5-6H2,1-2H3,(H,13,19)(H,17,18)/t10-/m0/s1. The van der Waals surface area contributed by atoms with Crippen molar-refractivity contribution in [2.45, 2.75) is 19.9 Å². The molecule has 0 spiro atoms. The van der Waals surface area contributed by atoms with E-state index in [-0.39, 0.29) is 19.1 Å². The number of aliphatic carboxylic acids is 1. The highest BCUT2D eigenvalue weighted by molar-refractivity contribution is 6.12. The molecule has 8 heteroatoms. The number of carboxylic acid groups (broad SMARTS) is 1. The summed E-state index contributed by atoms with van der Waals surface area (Å²) in [6.45, 7) is 3.02. The number of alkyl carbamates (subject to hydrolysis) is 1. The Labute approximate surface area is 115 Å². The maximum absolute atomic E-state index is 11.4. The van der Waals surface area contributed by atoms with Gasteiger partial charge in [-0.25, -0.2) is 9.59 Å². The third-order valence-electron chi connectivity index (χ3n) is 2.65. The molecule has 1 atom stereocenters. The number of carbonyl (C=O) groups excluding carboxylic acids is 3. The van der Waals surface area contributed by atoms with Gasteiger partial charge in [0.15, 0.2) is 0 Å². The maximum Gasteiger partial charge on any atom is 0.407 e. The first-order chi connectivity index (χ1) is 9.32. The predicted octanol–water partition coefficient (Wildman–Crippen LogP) is -0.253. The van der Waals surface area contributed by atoms with Crippen LogP contribution in [0.5, 0.6) is 0 Å². The van der Waals surface area contributed by atoms with Crippen LogP contribution in [0.3, 0.4) is 0 Å². The summed E-state index contributed by atoms with van der Waals surface area (Å²) in [4.78, 5) is 45.6. The number of ether oxygens (including phenoxy) is 1. The topological polar surface area (TPSA) is 113 Å². The van der Waals surface area contributed by atoms with Crippen LogP contribution in [0.4, 0.5) is 4.79 Å². The van der Waals surface area contributed by atoms with Crippen LogP contribution in [0.15, 0.2) is 12.2 Å². The first-order valence-electron chi connectivity index (χ1n) is 6.02. The molecule has 1 aliphatic rings. The van der Waals surface area contributed by atoms with E-state index in [1.165, 1.54) is 0 Å². The minimum Gasteiger partial charge on any atom is -0.480 e. The van der Waals surface area contributed by atoms with Gasteiger partial charge in [0.1, 0.15) is 12.6 Å². The van der Waals surface area contributed by atoms with Crippen LogP contribution in [0, 0.1) is 5.92 Å². The molecule has 1 heterocycles. The number of rotatable bonds is 6. The fourth-order valence-electron chi connectivity index (χ4n) is 1.56. The Bertz CT molecular complexity index is 439. The highest BCUT2D eigenvalue weighted by Crippen LogP contribution is 2.04. The number of imide groups is 1. The second kappa shape index (κ2) is 6.69. The Balaban J connectivity index is 2.35. The van der Waals surface area contributed by atoms with Gasteiger partial charge < -0.3 is 15.2 Å². The van der Waals surface area contributed by atoms with Crippen molar-refractivity contribution in [1.29, 1.82) is 0 Å². The largest absolute Gasteiger partial charge is 0.480 e. The van der Waals surface area contributed by atoms with Crippen LogP contribution in [0.1, 0.15) is 13.8 Å². The first-order valence-corrected chi connectivity index (χ1v) is 6.02. The maximum atomic E-state index is 11.4. The predicted molar refractivity (Wildman–Crippen MR) is 66.6 cm³/mol. The Morgan fingerprint density at radius 3 is 2.30 bits per heavy atom. The second-order valence-corrected chi connectivity index (χ2v) is 4.50. The number of carbonyl (C=O) groups is 4. The van der Waals surface area contributed by atoms with Crippen molar-refractivity contribution in [3.05, 3.63) is 12.2 Å². The van der Waals surface area contributed by atoms with E-state index < -0.39 is 29.9 Å². The summed E-state index contributed by atoms with van der Waals surface area (Å²) in [7, 11) is 0. The number of hydrogen-bond donors (Lipinski definition) is 2. The molecule has 2 N–H and O–H groups in total. The number of carboxylic acids is 1. The monoisotopic (exact) mass is 284 g/mol. The van der Waals surface area contributed by atoms with Gasteiger partial charge in [0.2, 0.25) is 0 Å². The van der Waals surface area contributed by atoms with Crippen molar-refractivity contribution in [2.75, 3.05) is 13.2 Å². The van der Waals surface area contributed by atoms with Crippen molar-refractivity contribution in [3.63, 3.8) is 0 Å². The van der Waals surface area contributed by atoms with Crippen LogP contribution in [0.2, 0.25) is 0 Å². The van der Waals surface area contributed by atoms with Gasteiger partial charge in [-0.2, -0.15) is 0 Å². The molecule has 0 saturated heterocycles. The number of nitrogens with one attached hydrogen (secondary N) is 1. The zero-order valence-electron chi connectivity index (χ0n) is 11.2. The Hall–Kier alpha value is -2.38. The first kappa shape index (κ1) is 15.7. The summed E-state index contributed by atoms with van der Waals surface area (Å²) in [6, 6.07) is -1.06. The van der Waals surface area contributed by atoms with Gasteiger partial charge in [-0.15, -0.1) is 0 Å². The van der Waals surface area contributed by atoms with Crippen molar-refractivity contribution >= 4 is 23.9 Å². The number of amides is 3. The van der Waals surface area contributed by atoms with E-state index in [1.807, 2.05) is 0 Å². The molecule has 0 aromatic heterocycles. The third kappa shape index (κ3) is 4.08. The molecule has 0 radical (unpaired) electrons. The zero-order chi connectivity index (χ0) is 15.3. The molecular weight excluding hydrogens is 268 g/mol. The van der Waals surface area contributed by atoms with Gasteiger partial charge >= 0.3 is 12.1 Å². The fourth-order valence-corrected chi connectivity index (χ4v) is 1.56. The minimum absolute atomic E-state index is 0.0719. The van der Waals surface area contributed by atoms with Gasteiger partial charge in [-0.3, -0.25) is 14.5 Å². The van der Waals surface area contributed by atoms with Crippen molar-refractivity contribution in [2.24, 2.45) is 5.92 Å². The molecule has 8 nitrogen and oxygen atoms in total. The lowest BCUT2D eigenvalue weighted by Gasteiger charge is -2.18. The lowest BCUT2D eigenvalue weighted by Crippen LogP contribution is -2.45. The van der Waals surface area contributed by atoms with E-state index in [0.29, 0.717) is 0 Å². The molecule has 0 aromatic carbocycles. The summed E-state index contributed by atoms with van der Waals surface area (Å²) in [5.74, 6) is -2.40. The van der Waals surface area contributed by atoms with E-state index >= 15 is 0 Å². The van der Waals surface area contributed by atoms with E-state index in [4.69, 9.17) is 9.84 Å². The van der Waals surface area contributed by atoms with Crippen LogP contribution in [0.25, 0.3) is 0 Å². The third-order valence-corrected chi connectivity index (χ3v) is 2.65. The second-order valence-electron chi connectivity index (χ2n) is 4.50. The smallest absolute Gasteiger partial charge is 0.407 e. The molecule has 0 unspecified atom stereocenters. The van der Waals surface area contributed by atoms with Gasteiger partial charge in [0, 0.05) is 12.2 Å². The molecule has 1 aliphatic heterocycles. The van der Waals surface area contributed by atoms with Gasteiger partial charge in [0.25, 0.3) is 11.8 Å². The van der Waals surface area contributed by atoms with Crippen LogP contribution in [-0.4, -0.2) is 53.1 Å². The fraction of sp³-hybridized carbons (Fsp3) is 0.500. The Kier molecular flexibility index (Phi) is 5.24. The normalized spacial score (nSPS) is 15.7. The molecule has 0 aliphatic carbocycles. The van der Waals surface area contributed by atoms with Crippen molar-refractivity contribution in [3.8, 4) is 0 Å². The highest BCUT2D eigenvalue weighted by Gasteiger charge is 2.25. The van der Waals surface area contributed by atoms with E-state index in [9.17, 15) is 19.2 Å². The number of nitrogens with zero attached hydrogens (tertiary/aromatic N) is 1. The molecule has 0 aromatic rings. The highest BCUT2D eigenvalue weighted by atomic mass is 16.5. The molecule has 110 valence electrons. The summed E-state index contributed by atoms with van der Waals surface area (Å²) < 4.78 is 4.74. The van der Waals surface area contributed by atoms with Gasteiger partial charge in [-0.1, -0.05) is 13.8 Å². The van der Waals surface area contributed by atoms with E-state index in [2.05, 4.69) is 5.32 Å².